The van der Waals surface area contributed by atoms with Gasteiger partial charge < -0.3 is 31.9 Å². The van der Waals surface area contributed by atoms with E-state index < -0.39 is 20.5 Å². The molecule has 13 N–H and O–H groups in total. The summed E-state index contributed by atoms with van der Waals surface area (Å²) in [5, 5.41) is 7.47. The number of hydrogen-bond donors (Lipinski definition) is 2. The Balaban J connectivity index is -0.000000125. The second-order valence-electron chi connectivity index (χ2n) is 5.30. The van der Waals surface area contributed by atoms with Crippen molar-refractivity contribution in [2.45, 2.75) is 13.8 Å². The van der Waals surface area contributed by atoms with Crippen molar-refractivity contribution in [1.29, 1.82) is 0 Å². The summed E-state index contributed by atoms with van der Waals surface area (Å²) in [4.78, 5) is 35.7. The van der Waals surface area contributed by atoms with Gasteiger partial charge in [0.1, 0.15) is 12.7 Å². The molecule has 0 bridgehead atoms. The molecule has 0 atom stereocenters. The van der Waals surface area contributed by atoms with Crippen molar-refractivity contribution >= 4 is 11.6 Å². The zero-order valence-electron chi connectivity index (χ0n) is 18.4. The second kappa shape index (κ2) is 18.5. The number of hydrogen-bond acceptors (Lipinski definition) is 14. The quantitative estimate of drug-likeness (QED) is 0.133. The summed E-state index contributed by atoms with van der Waals surface area (Å²) in [7, 11) is -9.89. The van der Waals surface area contributed by atoms with E-state index in [-0.39, 0.29) is 50.1 Å². The monoisotopic (exact) mass is 636 g/mol. The molecule has 0 aliphatic carbocycles. The molecule has 0 aliphatic rings. The van der Waals surface area contributed by atoms with Crippen molar-refractivity contribution in [3.05, 3.63) is 56.9 Å². The summed E-state index contributed by atoms with van der Waals surface area (Å²) in [6.45, 7) is 3.57. The van der Waals surface area contributed by atoms with Crippen LogP contribution in [0.3, 0.4) is 0 Å². The molecule has 0 unspecified atom stereocenters. The third-order valence-corrected chi connectivity index (χ3v) is 2.80. The fourth-order valence-electron chi connectivity index (χ4n) is 1.89. The molecule has 0 amide bonds. The Morgan fingerprint density at radius 2 is 1.22 bits per heavy atom. The molecule has 37 heavy (non-hydrogen) atoms. The summed E-state index contributed by atoms with van der Waals surface area (Å²) < 4.78 is 70.4. The van der Waals surface area contributed by atoms with Gasteiger partial charge in [0.2, 0.25) is 11.6 Å². The summed E-state index contributed by atoms with van der Waals surface area (Å²) in [6.07, 6.45) is 2.77. The Morgan fingerprint density at radius 3 is 1.70 bits per heavy atom. The molecule has 4 aromatic rings. The summed E-state index contributed by atoms with van der Waals surface area (Å²) in [6, 6.07) is 2.91. The minimum atomic E-state index is -4.94. The molecule has 4 aromatic heterocycles. The first kappa shape index (κ1) is 44.3. The van der Waals surface area contributed by atoms with E-state index in [0.29, 0.717) is 17.2 Å². The Bertz CT molecular complexity index is 1160. The van der Waals surface area contributed by atoms with Gasteiger partial charge in [-0.1, -0.05) is 0 Å². The standard InChI is InChI=1S/2C6H6N4O.2ClHO4.Cu.4H2O/c2*1-4-2-5(11)10-6(9-4)7-3-8-10;2*2-1(3,4)5;;;;;/h2*2-3H,1H3,(H,7,8,9);2*(H,2,3,4,5);;4*1H2/q;;;;+2;;;;/p+1. The van der Waals surface area contributed by atoms with Gasteiger partial charge >= 0.3 is 17.1 Å². The van der Waals surface area contributed by atoms with E-state index in [2.05, 4.69) is 30.1 Å². The van der Waals surface area contributed by atoms with Gasteiger partial charge in [-0.05, 0) is 13.8 Å². The molecule has 0 spiro atoms. The normalized spacial score (nSPS) is 9.57. The van der Waals surface area contributed by atoms with E-state index in [9.17, 15) is 9.59 Å². The summed E-state index contributed by atoms with van der Waals surface area (Å²) in [5.74, 6) is 0.963. The molecule has 0 fully saturated rings. The van der Waals surface area contributed by atoms with Crippen LogP contribution in [0.2, 0.25) is 0 Å². The fourth-order valence-corrected chi connectivity index (χ4v) is 1.89. The molecule has 0 aromatic carbocycles. The van der Waals surface area contributed by atoms with E-state index >= 15 is 0 Å². The predicted molar refractivity (Wildman–Crippen MR) is 94.9 cm³/mol. The number of fused-ring (bicyclic) bond motifs is 2. The maximum atomic E-state index is 11.1. The van der Waals surface area contributed by atoms with Crippen LogP contribution in [0.5, 0.6) is 0 Å². The molecule has 0 aliphatic heterocycles. The maximum Gasteiger partial charge on any atom is 2.00 e. The smallest absolute Gasteiger partial charge is 0.457 e. The van der Waals surface area contributed by atoms with Crippen LogP contribution in [-0.4, -0.2) is 44.6 Å². The van der Waals surface area contributed by atoms with Crippen molar-refractivity contribution in [3.63, 3.8) is 0 Å². The second-order valence-corrected chi connectivity index (χ2v) is 6.81. The van der Waals surface area contributed by atoms with Crippen LogP contribution in [0, 0.1) is 34.3 Å². The first-order valence-corrected chi connectivity index (χ1v) is 10.0. The number of nitrogens with zero attached hydrogens (tertiary/aromatic N) is 6. The Morgan fingerprint density at radius 1 is 0.784 bits per heavy atom. The molecule has 4 rings (SSSR count). The number of aromatic nitrogens is 8. The Kier molecular flexibility index (Phi) is 22.2. The summed E-state index contributed by atoms with van der Waals surface area (Å²) >= 11 is 0. The number of halogens is 2. The zero-order valence-corrected chi connectivity index (χ0v) is 20.8. The van der Waals surface area contributed by atoms with Crippen LogP contribution in [0.25, 0.3) is 11.6 Å². The van der Waals surface area contributed by atoms with Crippen molar-refractivity contribution in [1.82, 2.24) is 39.2 Å². The predicted octanol–water partition coefficient (Wildman–Crippen LogP) is -13.7. The molecular weight excluding hydrogens is 615 g/mol. The van der Waals surface area contributed by atoms with Crippen molar-refractivity contribution in [2.24, 2.45) is 0 Å². The van der Waals surface area contributed by atoms with Crippen molar-refractivity contribution in [2.75, 3.05) is 0 Å². The molecule has 22 nitrogen and oxygen atoms in total. The maximum absolute atomic E-state index is 11.1. The molecular formula is C12H23Cl2CuN8O14+3. The van der Waals surface area contributed by atoms with Crippen LogP contribution in [0.1, 0.15) is 11.4 Å². The topological polar surface area (TPSA) is 441 Å². The van der Waals surface area contributed by atoms with Gasteiger partial charge in [-0.15, -0.1) is 20.5 Å². The largest absolute Gasteiger partial charge is 2.00 e. The van der Waals surface area contributed by atoms with Crippen molar-refractivity contribution in [3.8, 4) is 0 Å². The van der Waals surface area contributed by atoms with E-state index in [1.165, 1.54) is 33.8 Å². The Labute approximate surface area is 218 Å². The molecule has 1 radical (unpaired) electrons. The van der Waals surface area contributed by atoms with Crippen LogP contribution in [0.4, 0.5) is 0 Å². The minimum Gasteiger partial charge on any atom is -0.457 e. The number of H-pyrrole nitrogens is 2. The SMILES string of the molecule is Cc1cc(=O)n2nc[nH]c2n1.Cc1cc(=O)n2ncnc2[nH]1.O.[Cu+2].[O-][Cl+3]([O-])([O-])[O-].[O-][Cl+3]([O-])([O-])[O-].[OH3+].[OH3+].[OH3+]. The third-order valence-electron chi connectivity index (χ3n) is 2.80. The molecule has 4 heterocycles. The number of aromatic amines is 2. The average Bonchev–Trinajstić information content (AvgIpc) is 3.21. The van der Waals surface area contributed by atoms with Crippen LogP contribution in [-0.2, 0) is 33.5 Å². The van der Waals surface area contributed by atoms with Crippen LogP contribution >= 0.6 is 0 Å². The fraction of sp³-hybridized carbons (Fsp3) is 0.167. The first-order chi connectivity index (χ1) is 14.5. The van der Waals surface area contributed by atoms with E-state index in [1.807, 2.05) is 0 Å². The first-order valence-electron chi connectivity index (χ1n) is 7.58. The average molecular weight is 638 g/mol. The van der Waals surface area contributed by atoms with Gasteiger partial charge in [-0.3, -0.25) is 9.59 Å². The van der Waals surface area contributed by atoms with Gasteiger partial charge in [0.05, 0.1) is 0 Å². The van der Waals surface area contributed by atoms with Crippen LogP contribution in [0.15, 0.2) is 34.4 Å². The summed E-state index contributed by atoms with van der Waals surface area (Å²) in [5.41, 5.74) is 1.16. The molecule has 25 heteroatoms. The molecule has 0 saturated carbocycles. The Hall–Kier alpha value is -2.68. The van der Waals surface area contributed by atoms with Crippen molar-refractivity contribution < 1.29 is 96.7 Å². The number of aryl methyl sites for hydroxylation is 2. The number of rotatable bonds is 0. The molecule has 0 saturated heterocycles. The van der Waals surface area contributed by atoms with E-state index in [0.717, 1.165) is 5.69 Å². The molecule has 217 valence electrons. The van der Waals surface area contributed by atoms with Gasteiger partial charge in [0, 0.05) is 23.5 Å². The van der Waals surface area contributed by atoms with Gasteiger partial charge in [0.25, 0.3) is 11.1 Å². The van der Waals surface area contributed by atoms with Crippen LogP contribution < -0.4 is 48.4 Å². The third kappa shape index (κ3) is 19.1. The van der Waals surface area contributed by atoms with Gasteiger partial charge in [-0.25, -0.2) is 42.3 Å². The van der Waals surface area contributed by atoms with Gasteiger partial charge in [-0.2, -0.15) is 24.2 Å². The zero-order chi connectivity index (χ0) is 24.7. The van der Waals surface area contributed by atoms with Gasteiger partial charge in [0.15, 0.2) is 0 Å². The van der Waals surface area contributed by atoms with E-state index in [1.54, 1.807) is 13.8 Å². The minimum absolute atomic E-state index is 0. The van der Waals surface area contributed by atoms with E-state index in [4.69, 9.17) is 37.3 Å². The number of nitrogens with one attached hydrogen (secondary N) is 2.